The summed E-state index contributed by atoms with van der Waals surface area (Å²) in [4.78, 5) is 12.0. The Morgan fingerprint density at radius 3 is 2.62 bits per heavy atom. The number of allylic oxidation sites excluding steroid dienone is 1. The highest BCUT2D eigenvalue weighted by atomic mass is 16.5. The smallest absolute Gasteiger partial charge is 0.187 e. The first-order valence-electron chi connectivity index (χ1n) is 6.93. The number of carbonyl (C=O) groups is 1. The van der Waals surface area contributed by atoms with Gasteiger partial charge in [0.1, 0.15) is 5.75 Å². The Kier molecular flexibility index (Phi) is 5.16. The number of nitrogens with one attached hydrogen (secondary N) is 1. The van der Waals surface area contributed by atoms with Gasteiger partial charge in [-0.25, -0.2) is 0 Å². The summed E-state index contributed by atoms with van der Waals surface area (Å²) in [6.07, 6.45) is 4.19. The van der Waals surface area contributed by atoms with Gasteiger partial charge in [-0.2, -0.15) is 0 Å². The Bertz CT molecular complexity index is 630. The zero-order valence-electron chi connectivity index (χ0n) is 12.3. The fraction of sp³-hybridized carbons (Fsp3) is 0.167. The number of hydrogen-bond donors (Lipinski definition) is 1. The van der Waals surface area contributed by atoms with E-state index in [9.17, 15) is 4.79 Å². The van der Waals surface area contributed by atoms with Crippen molar-refractivity contribution in [1.29, 1.82) is 0 Å². The number of ether oxygens (including phenoxy) is 1. The minimum Gasteiger partial charge on any atom is -0.497 e. The van der Waals surface area contributed by atoms with Gasteiger partial charge in [0.2, 0.25) is 0 Å². The summed E-state index contributed by atoms with van der Waals surface area (Å²) in [7, 11) is 1.58. The lowest BCUT2D eigenvalue weighted by atomic mass is 10.1. The number of anilines is 1. The third kappa shape index (κ3) is 4.21. The molecule has 3 nitrogen and oxygen atoms in total. The van der Waals surface area contributed by atoms with Gasteiger partial charge in [0.05, 0.1) is 7.11 Å². The molecule has 0 aromatic heterocycles. The van der Waals surface area contributed by atoms with E-state index in [0.717, 1.165) is 12.1 Å². The second kappa shape index (κ2) is 7.29. The molecule has 0 aliphatic heterocycles. The maximum Gasteiger partial charge on any atom is 0.187 e. The van der Waals surface area contributed by atoms with Crippen molar-refractivity contribution in [2.75, 3.05) is 12.4 Å². The highest BCUT2D eigenvalue weighted by molar-refractivity contribution is 6.04. The summed E-state index contributed by atoms with van der Waals surface area (Å²) < 4.78 is 5.11. The molecule has 0 radical (unpaired) electrons. The zero-order valence-corrected chi connectivity index (χ0v) is 12.3. The SMILES string of the molecule is CCc1ccc(N/C=C/C(=O)c2cccc(OC)c2)cc1. The van der Waals surface area contributed by atoms with E-state index in [1.165, 1.54) is 11.6 Å². The van der Waals surface area contributed by atoms with Gasteiger partial charge in [-0.05, 0) is 36.2 Å². The average molecular weight is 281 g/mol. The van der Waals surface area contributed by atoms with E-state index in [1.54, 1.807) is 31.5 Å². The van der Waals surface area contributed by atoms with Gasteiger partial charge in [0.15, 0.2) is 5.78 Å². The van der Waals surface area contributed by atoms with Gasteiger partial charge < -0.3 is 10.1 Å². The highest BCUT2D eigenvalue weighted by Crippen LogP contribution is 2.14. The number of carbonyl (C=O) groups excluding carboxylic acids is 1. The molecule has 0 spiro atoms. The van der Waals surface area contributed by atoms with E-state index in [4.69, 9.17) is 4.74 Å². The summed E-state index contributed by atoms with van der Waals surface area (Å²) >= 11 is 0. The second-order valence-corrected chi connectivity index (χ2v) is 4.62. The van der Waals surface area contributed by atoms with Gasteiger partial charge >= 0.3 is 0 Å². The van der Waals surface area contributed by atoms with Crippen LogP contribution in [0.3, 0.4) is 0 Å². The Hall–Kier alpha value is -2.55. The van der Waals surface area contributed by atoms with Gasteiger partial charge in [-0.3, -0.25) is 4.79 Å². The molecule has 0 atom stereocenters. The maximum absolute atomic E-state index is 12.0. The van der Waals surface area contributed by atoms with Gasteiger partial charge in [0.25, 0.3) is 0 Å². The van der Waals surface area contributed by atoms with Crippen molar-refractivity contribution in [3.63, 3.8) is 0 Å². The Morgan fingerprint density at radius 2 is 1.95 bits per heavy atom. The highest BCUT2D eigenvalue weighted by Gasteiger charge is 2.02. The van der Waals surface area contributed by atoms with Crippen LogP contribution in [0.5, 0.6) is 5.75 Å². The summed E-state index contributed by atoms with van der Waals surface area (Å²) in [6.45, 7) is 2.12. The summed E-state index contributed by atoms with van der Waals surface area (Å²) in [6, 6.07) is 15.2. The van der Waals surface area contributed by atoms with Gasteiger partial charge in [-0.15, -0.1) is 0 Å². The monoisotopic (exact) mass is 281 g/mol. The molecule has 0 aliphatic rings. The fourth-order valence-corrected chi connectivity index (χ4v) is 1.92. The topological polar surface area (TPSA) is 38.3 Å². The van der Waals surface area contributed by atoms with Crippen LogP contribution in [0.2, 0.25) is 0 Å². The maximum atomic E-state index is 12.0. The summed E-state index contributed by atoms with van der Waals surface area (Å²) in [5, 5.41) is 3.09. The predicted molar refractivity (Wildman–Crippen MR) is 85.9 cm³/mol. The number of benzene rings is 2. The van der Waals surface area contributed by atoms with E-state index in [-0.39, 0.29) is 5.78 Å². The van der Waals surface area contributed by atoms with Crippen LogP contribution < -0.4 is 10.1 Å². The van der Waals surface area contributed by atoms with Crippen molar-refractivity contribution in [3.05, 3.63) is 71.9 Å². The lowest BCUT2D eigenvalue weighted by molar-refractivity contribution is 0.104. The normalized spacial score (nSPS) is 10.6. The minimum atomic E-state index is -0.0634. The molecule has 0 saturated heterocycles. The molecule has 0 heterocycles. The van der Waals surface area contributed by atoms with E-state index < -0.39 is 0 Å². The molecule has 2 rings (SSSR count). The fourth-order valence-electron chi connectivity index (χ4n) is 1.92. The first-order valence-corrected chi connectivity index (χ1v) is 6.93. The van der Waals surface area contributed by atoms with Crippen LogP contribution in [-0.4, -0.2) is 12.9 Å². The molecular weight excluding hydrogens is 262 g/mol. The third-order valence-corrected chi connectivity index (χ3v) is 3.20. The molecule has 0 unspecified atom stereocenters. The van der Waals surface area contributed by atoms with E-state index in [2.05, 4.69) is 24.4 Å². The lowest BCUT2D eigenvalue weighted by Gasteiger charge is -2.03. The molecule has 1 N–H and O–H groups in total. The van der Waals surface area contributed by atoms with E-state index >= 15 is 0 Å². The van der Waals surface area contributed by atoms with E-state index in [1.807, 2.05) is 18.2 Å². The quantitative estimate of drug-likeness (QED) is 0.641. The molecule has 2 aromatic carbocycles. The number of ketones is 1. The van der Waals surface area contributed by atoms with Crippen LogP contribution in [0.15, 0.2) is 60.8 Å². The molecule has 108 valence electrons. The van der Waals surface area contributed by atoms with Crippen LogP contribution in [0.25, 0.3) is 0 Å². The minimum absolute atomic E-state index is 0.0634. The van der Waals surface area contributed by atoms with Crippen molar-refractivity contribution >= 4 is 11.5 Å². The molecule has 0 bridgehead atoms. The molecule has 0 saturated carbocycles. The van der Waals surface area contributed by atoms with Crippen molar-refractivity contribution in [2.24, 2.45) is 0 Å². The zero-order chi connectivity index (χ0) is 15.1. The van der Waals surface area contributed by atoms with Crippen molar-refractivity contribution in [1.82, 2.24) is 0 Å². The van der Waals surface area contributed by atoms with Crippen LogP contribution in [0, 0.1) is 0 Å². The summed E-state index contributed by atoms with van der Waals surface area (Å²) in [5.74, 6) is 0.615. The molecule has 2 aromatic rings. The van der Waals surface area contributed by atoms with Crippen LogP contribution in [0.4, 0.5) is 5.69 Å². The Labute approximate surface area is 125 Å². The number of hydrogen-bond acceptors (Lipinski definition) is 3. The van der Waals surface area contributed by atoms with Crippen molar-refractivity contribution < 1.29 is 9.53 Å². The van der Waals surface area contributed by atoms with Crippen molar-refractivity contribution in [3.8, 4) is 5.75 Å². The number of methoxy groups -OCH3 is 1. The molecule has 0 fully saturated rings. The predicted octanol–water partition coefficient (Wildman–Crippen LogP) is 4.07. The van der Waals surface area contributed by atoms with Crippen molar-refractivity contribution in [2.45, 2.75) is 13.3 Å². The molecule has 21 heavy (non-hydrogen) atoms. The van der Waals surface area contributed by atoms with Gasteiger partial charge in [-0.1, -0.05) is 31.2 Å². The van der Waals surface area contributed by atoms with Crippen LogP contribution >= 0.6 is 0 Å². The average Bonchev–Trinajstić information content (AvgIpc) is 2.55. The lowest BCUT2D eigenvalue weighted by Crippen LogP contribution is -1.97. The number of aryl methyl sites for hydroxylation is 1. The second-order valence-electron chi connectivity index (χ2n) is 4.62. The Morgan fingerprint density at radius 1 is 1.19 bits per heavy atom. The molecular formula is C18H19NO2. The number of rotatable bonds is 6. The molecule has 0 amide bonds. The van der Waals surface area contributed by atoms with Crippen LogP contribution in [-0.2, 0) is 6.42 Å². The third-order valence-electron chi connectivity index (χ3n) is 3.20. The summed E-state index contributed by atoms with van der Waals surface area (Å²) in [5.41, 5.74) is 2.85. The standard InChI is InChI=1S/C18H19NO2/c1-3-14-7-9-16(10-8-14)19-12-11-18(20)15-5-4-6-17(13-15)21-2/h4-13,19H,3H2,1-2H3/b12-11+. The van der Waals surface area contributed by atoms with Gasteiger partial charge in [0, 0.05) is 23.5 Å². The molecule has 0 aliphatic carbocycles. The van der Waals surface area contributed by atoms with E-state index in [0.29, 0.717) is 11.3 Å². The molecule has 3 heteroatoms. The largest absolute Gasteiger partial charge is 0.497 e. The first-order chi connectivity index (χ1) is 10.2. The Balaban J connectivity index is 1.97. The van der Waals surface area contributed by atoms with Crippen LogP contribution in [0.1, 0.15) is 22.8 Å². The first kappa shape index (κ1) is 14.9.